The van der Waals surface area contributed by atoms with Crippen LogP contribution in [0.5, 0.6) is 5.75 Å². The molecule has 0 radical (unpaired) electrons. The number of halogens is 1. The van der Waals surface area contributed by atoms with E-state index >= 15 is 0 Å². The first-order chi connectivity index (χ1) is 10.2. The molecule has 0 saturated heterocycles. The molecular weight excluding hydrogens is 330 g/mol. The third-order valence-corrected chi connectivity index (χ3v) is 3.76. The van der Waals surface area contributed by atoms with Crippen LogP contribution in [0.3, 0.4) is 0 Å². The lowest BCUT2D eigenvalue weighted by Gasteiger charge is -2.13. The molecule has 0 aliphatic rings. The Morgan fingerprint density at radius 2 is 1.95 bits per heavy atom. The number of ether oxygens (including phenoxy) is 1. The van der Waals surface area contributed by atoms with Crippen LogP contribution in [0, 0.1) is 6.92 Å². The summed E-state index contributed by atoms with van der Waals surface area (Å²) in [5.41, 5.74) is 3.50. The van der Waals surface area contributed by atoms with Crippen molar-refractivity contribution in [2.24, 2.45) is 0 Å². The minimum absolute atomic E-state index is 0.132. The number of aryl methyl sites for hydroxylation is 1. The van der Waals surface area contributed by atoms with Crippen LogP contribution in [0.2, 0.25) is 0 Å². The van der Waals surface area contributed by atoms with Gasteiger partial charge >= 0.3 is 0 Å². The molecule has 2 N–H and O–H groups in total. The lowest BCUT2D eigenvalue weighted by Crippen LogP contribution is -2.18. The van der Waals surface area contributed by atoms with Crippen LogP contribution in [0.25, 0.3) is 0 Å². The van der Waals surface area contributed by atoms with Crippen molar-refractivity contribution in [3.05, 3.63) is 63.6 Å². The van der Waals surface area contributed by atoms with E-state index in [1.807, 2.05) is 30.3 Å². The molecule has 2 aromatic carbocycles. The molecule has 4 heteroatoms. The van der Waals surface area contributed by atoms with E-state index in [0.29, 0.717) is 19.7 Å². The number of hydrogen-bond donors (Lipinski definition) is 2. The van der Waals surface area contributed by atoms with Crippen molar-refractivity contribution in [1.29, 1.82) is 0 Å². The summed E-state index contributed by atoms with van der Waals surface area (Å²) >= 11 is 3.48. The molecule has 2 rings (SSSR count). The number of nitrogens with one attached hydrogen (secondary N) is 1. The Bertz CT molecular complexity index is 587. The molecule has 0 aliphatic heterocycles. The first kappa shape index (κ1) is 16.0. The van der Waals surface area contributed by atoms with Gasteiger partial charge in [-0.3, -0.25) is 0 Å². The summed E-state index contributed by atoms with van der Waals surface area (Å²) in [6, 6.07) is 14.2. The second kappa shape index (κ2) is 8.17. The Balaban J connectivity index is 2.06. The fourth-order valence-corrected chi connectivity index (χ4v) is 2.47. The third kappa shape index (κ3) is 4.84. The summed E-state index contributed by atoms with van der Waals surface area (Å²) in [4.78, 5) is 0. The smallest absolute Gasteiger partial charge is 0.124 e. The van der Waals surface area contributed by atoms with E-state index in [2.05, 4.69) is 40.3 Å². The maximum atomic E-state index is 8.85. The third-order valence-electron chi connectivity index (χ3n) is 3.27. The summed E-state index contributed by atoms with van der Waals surface area (Å²) in [5.74, 6) is 0.867. The molecule has 112 valence electrons. The number of benzene rings is 2. The predicted octanol–water partition coefficient (Wildman–Crippen LogP) is 3.42. The van der Waals surface area contributed by atoms with Crippen molar-refractivity contribution in [3.63, 3.8) is 0 Å². The highest BCUT2D eigenvalue weighted by Crippen LogP contribution is 2.24. The van der Waals surface area contributed by atoms with Gasteiger partial charge < -0.3 is 15.2 Å². The van der Waals surface area contributed by atoms with Crippen LogP contribution in [-0.2, 0) is 13.2 Å². The van der Waals surface area contributed by atoms with Crippen molar-refractivity contribution < 1.29 is 9.84 Å². The average molecular weight is 350 g/mol. The summed E-state index contributed by atoms with van der Waals surface area (Å²) in [6.07, 6.45) is 0. The topological polar surface area (TPSA) is 41.5 Å². The molecule has 0 fully saturated rings. The van der Waals surface area contributed by atoms with Gasteiger partial charge in [-0.1, -0.05) is 40.2 Å². The molecule has 0 atom stereocenters. The Morgan fingerprint density at radius 1 is 1.14 bits per heavy atom. The van der Waals surface area contributed by atoms with Gasteiger partial charge in [-0.15, -0.1) is 0 Å². The SMILES string of the molecule is Cc1ccccc1COc1ccc(Br)cc1CNCCO. The molecule has 0 heterocycles. The van der Waals surface area contributed by atoms with Gasteiger partial charge in [-0.25, -0.2) is 0 Å². The van der Waals surface area contributed by atoms with Gasteiger partial charge in [0.25, 0.3) is 0 Å². The molecular formula is C17H20BrNO2. The Morgan fingerprint density at radius 3 is 2.71 bits per heavy atom. The highest BCUT2D eigenvalue weighted by Gasteiger charge is 2.06. The van der Waals surface area contributed by atoms with Crippen LogP contribution in [0.15, 0.2) is 46.9 Å². The van der Waals surface area contributed by atoms with E-state index in [1.54, 1.807) is 0 Å². The van der Waals surface area contributed by atoms with E-state index in [9.17, 15) is 0 Å². The maximum Gasteiger partial charge on any atom is 0.124 e. The van der Waals surface area contributed by atoms with Crippen LogP contribution in [0.1, 0.15) is 16.7 Å². The molecule has 3 nitrogen and oxygen atoms in total. The molecule has 0 spiro atoms. The highest BCUT2D eigenvalue weighted by molar-refractivity contribution is 9.10. The van der Waals surface area contributed by atoms with Crippen LogP contribution in [0.4, 0.5) is 0 Å². The molecule has 0 bridgehead atoms. The monoisotopic (exact) mass is 349 g/mol. The van der Waals surface area contributed by atoms with Gasteiger partial charge in [0, 0.05) is 23.1 Å². The average Bonchev–Trinajstić information content (AvgIpc) is 2.48. The summed E-state index contributed by atoms with van der Waals surface area (Å²) in [7, 11) is 0. The summed E-state index contributed by atoms with van der Waals surface area (Å²) in [6.45, 7) is 4.02. The number of aliphatic hydroxyl groups is 1. The van der Waals surface area contributed by atoms with E-state index in [4.69, 9.17) is 9.84 Å². The maximum absolute atomic E-state index is 8.85. The fourth-order valence-electron chi connectivity index (χ4n) is 2.06. The first-order valence-corrected chi connectivity index (χ1v) is 7.77. The molecule has 2 aromatic rings. The fraction of sp³-hybridized carbons (Fsp3) is 0.294. The minimum Gasteiger partial charge on any atom is -0.489 e. The standard InChI is InChI=1S/C17H20BrNO2/c1-13-4-2-3-5-14(13)12-21-17-7-6-16(18)10-15(17)11-19-8-9-20/h2-7,10,19-20H,8-9,11-12H2,1H3. The Labute approximate surface area is 134 Å². The first-order valence-electron chi connectivity index (χ1n) is 6.98. The lowest BCUT2D eigenvalue weighted by molar-refractivity contribution is 0.287. The molecule has 0 aromatic heterocycles. The zero-order valence-corrected chi connectivity index (χ0v) is 13.7. The number of rotatable bonds is 7. The predicted molar refractivity (Wildman–Crippen MR) is 88.4 cm³/mol. The second-order valence-corrected chi connectivity index (χ2v) is 5.78. The zero-order valence-electron chi connectivity index (χ0n) is 12.1. The Kier molecular flexibility index (Phi) is 6.23. The van der Waals surface area contributed by atoms with Crippen LogP contribution >= 0.6 is 15.9 Å². The molecule has 0 aliphatic carbocycles. The zero-order chi connectivity index (χ0) is 15.1. The van der Waals surface area contributed by atoms with Gasteiger partial charge in [-0.05, 0) is 36.2 Å². The van der Waals surface area contributed by atoms with Crippen molar-refractivity contribution >= 4 is 15.9 Å². The summed E-state index contributed by atoms with van der Waals surface area (Å²) in [5, 5.41) is 12.0. The Hall–Kier alpha value is -1.36. The van der Waals surface area contributed by atoms with Crippen molar-refractivity contribution in [3.8, 4) is 5.75 Å². The van der Waals surface area contributed by atoms with Crippen molar-refractivity contribution in [2.75, 3.05) is 13.2 Å². The van der Waals surface area contributed by atoms with E-state index < -0.39 is 0 Å². The van der Waals surface area contributed by atoms with Gasteiger partial charge in [0.05, 0.1) is 6.61 Å². The van der Waals surface area contributed by atoms with Crippen LogP contribution < -0.4 is 10.1 Å². The summed E-state index contributed by atoms with van der Waals surface area (Å²) < 4.78 is 6.99. The van der Waals surface area contributed by atoms with Crippen molar-refractivity contribution in [1.82, 2.24) is 5.32 Å². The largest absolute Gasteiger partial charge is 0.489 e. The quantitative estimate of drug-likeness (QED) is 0.752. The minimum atomic E-state index is 0.132. The molecule has 0 unspecified atom stereocenters. The van der Waals surface area contributed by atoms with E-state index in [0.717, 1.165) is 15.8 Å². The van der Waals surface area contributed by atoms with Gasteiger partial charge in [0.15, 0.2) is 0 Å². The highest BCUT2D eigenvalue weighted by atomic mass is 79.9. The van der Waals surface area contributed by atoms with E-state index in [-0.39, 0.29) is 6.61 Å². The molecule has 0 amide bonds. The van der Waals surface area contributed by atoms with Crippen LogP contribution in [-0.4, -0.2) is 18.3 Å². The number of hydrogen-bond acceptors (Lipinski definition) is 3. The van der Waals surface area contributed by atoms with Gasteiger partial charge in [0.2, 0.25) is 0 Å². The lowest BCUT2D eigenvalue weighted by atomic mass is 10.1. The second-order valence-electron chi connectivity index (χ2n) is 4.87. The van der Waals surface area contributed by atoms with Gasteiger partial charge in [0.1, 0.15) is 12.4 Å². The molecule has 0 saturated carbocycles. The molecule has 21 heavy (non-hydrogen) atoms. The van der Waals surface area contributed by atoms with E-state index in [1.165, 1.54) is 11.1 Å². The van der Waals surface area contributed by atoms with Crippen molar-refractivity contribution in [2.45, 2.75) is 20.1 Å². The van der Waals surface area contributed by atoms with Gasteiger partial charge in [-0.2, -0.15) is 0 Å². The normalized spacial score (nSPS) is 10.6. The number of aliphatic hydroxyl groups excluding tert-OH is 1.